The first-order chi connectivity index (χ1) is 8.00. The number of rotatable bonds is 0. The third-order valence-corrected chi connectivity index (χ3v) is 3.80. The van der Waals surface area contributed by atoms with E-state index in [1.165, 1.54) is 23.4 Å². The monoisotopic (exact) mass is 250 g/mol. The molecule has 3 heterocycles. The molecule has 1 aliphatic heterocycles. The SMILES string of the molecule is C=C1Cn2c(nc3c2c(=O)n(C)c(=O)n3C)S1. The molecule has 1 aliphatic rings. The first-order valence-corrected chi connectivity index (χ1v) is 5.84. The topological polar surface area (TPSA) is 61.8 Å². The van der Waals surface area contributed by atoms with Crippen LogP contribution in [0.2, 0.25) is 0 Å². The van der Waals surface area contributed by atoms with Gasteiger partial charge in [-0.3, -0.25) is 13.9 Å². The minimum atomic E-state index is -0.358. The largest absolute Gasteiger partial charge is 0.332 e. The maximum Gasteiger partial charge on any atom is 0.332 e. The molecular weight excluding hydrogens is 240 g/mol. The van der Waals surface area contributed by atoms with E-state index in [2.05, 4.69) is 11.6 Å². The number of hydrogen-bond acceptors (Lipinski definition) is 4. The molecule has 0 saturated heterocycles. The lowest BCUT2D eigenvalue weighted by atomic mass is 10.5. The summed E-state index contributed by atoms with van der Waals surface area (Å²) >= 11 is 1.44. The molecule has 0 atom stereocenters. The minimum Gasteiger partial charge on any atom is -0.308 e. The lowest BCUT2D eigenvalue weighted by Crippen LogP contribution is -2.37. The Bertz CT molecular complexity index is 780. The van der Waals surface area contributed by atoms with E-state index >= 15 is 0 Å². The molecule has 17 heavy (non-hydrogen) atoms. The summed E-state index contributed by atoms with van der Waals surface area (Å²) < 4.78 is 4.30. The number of allylic oxidation sites excluding steroid dienone is 1. The molecule has 0 fully saturated rings. The van der Waals surface area contributed by atoms with Crippen molar-refractivity contribution in [3.63, 3.8) is 0 Å². The number of aromatic nitrogens is 4. The van der Waals surface area contributed by atoms with E-state index in [4.69, 9.17) is 0 Å². The van der Waals surface area contributed by atoms with Crippen molar-refractivity contribution in [3.8, 4) is 0 Å². The van der Waals surface area contributed by atoms with Crippen LogP contribution >= 0.6 is 11.8 Å². The first kappa shape index (κ1) is 10.4. The fourth-order valence-electron chi connectivity index (χ4n) is 1.99. The molecule has 0 bridgehead atoms. The van der Waals surface area contributed by atoms with Gasteiger partial charge in [0.2, 0.25) is 0 Å². The molecule has 0 aromatic carbocycles. The van der Waals surface area contributed by atoms with Gasteiger partial charge in [-0.2, -0.15) is 0 Å². The predicted octanol–water partition coefficient (Wildman–Crippen LogP) is 0.0531. The molecule has 2 aromatic rings. The maximum absolute atomic E-state index is 12.1. The summed E-state index contributed by atoms with van der Waals surface area (Å²) in [6.07, 6.45) is 0. The molecule has 0 amide bonds. The van der Waals surface area contributed by atoms with Gasteiger partial charge in [0.25, 0.3) is 5.56 Å². The summed E-state index contributed by atoms with van der Waals surface area (Å²) in [7, 11) is 3.09. The molecule has 2 aromatic heterocycles. The van der Waals surface area contributed by atoms with Gasteiger partial charge in [0.1, 0.15) is 0 Å². The van der Waals surface area contributed by atoms with Gasteiger partial charge < -0.3 is 4.57 Å². The second-order valence-electron chi connectivity index (χ2n) is 4.00. The van der Waals surface area contributed by atoms with Crippen LogP contribution in [-0.4, -0.2) is 18.7 Å². The van der Waals surface area contributed by atoms with Crippen LogP contribution in [0.5, 0.6) is 0 Å². The van der Waals surface area contributed by atoms with Crippen LogP contribution in [0.1, 0.15) is 0 Å². The van der Waals surface area contributed by atoms with Crippen LogP contribution in [0.25, 0.3) is 11.2 Å². The van der Waals surface area contributed by atoms with Crippen molar-refractivity contribution in [2.75, 3.05) is 0 Å². The van der Waals surface area contributed by atoms with Crippen molar-refractivity contribution in [1.82, 2.24) is 18.7 Å². The molecule has 3 rings (SSSR count). The highest BCUT2D eigenvalue weighted by atomic mass is 32.2. The van der Waals surface area contributed by atoms with Crippen LogP contribution in [0.4, 0.5) is 0 Å². The van der Waals surface area contributed by atoms with Crippen LogP contribution in [0.15, 0.2) is 26.2 Å². The number of aryl methyl sites for hydroxylation is 1. The smallest absolute Gasteiger partial charge is 0.308 e. The number of thioether (sulfide) groups is 1. The zero-order valence-corrected chi connectivity index (χ0v) is 10.2. The Morgan fingerprint density at radius 1 is 1.29 bits per heavy atom. The van der Waals surface area contributed by atoms with E-state index in [0.29, 0.717) is 17.7 Å². The van der Waals surface area contributed by atoms with E-state index in [0.717, 1.165) is 14.6 Å². The normalized spacial score (nSPS) is 14.6. The van der Waals surface area contributed by atoms with Crippen molar-refractivity contribution >= 4 is 22.9 Å². The van der Waals surface area contributed by atoms with E-state index in [9.17, 15) is 9.59 Å². The zero-order valence-electron chi connectivity index (χ0n) is 9.43. The fourth-order valence-corrected chi connectivity index (χ4v) is 2.84. The van der Waals surface area contributed by atoms with Gasteiger partial charge in [-0.1, -0.05) is 18.3 Å². The molecular formula is C10H10N4O2S. The number of fused-ring (bicyclic) bond motifs is 3. The molecule has 0 saturated carbocycles. The van der Waals surface area contributed by atoms with E-state index < -0.39 is 0 Å². The summed E-state index contributed by atoms with van der Waals surface area (Å²) in [4.78, 5) is 29.1. The van der Waals surface area contributed by atoms with Gasteiger partial charge in [-0.25, -0.2) is 9.78 Å². The summed E-state index contributed by atoms with van der Waals surface area (Å²) in [5, 5.41) is 0.725. The highest BCUT2D eigenvalue weighted by molar-refractivity contribution is 8.03. The van der Waals surface area contributed by atoms with Crippen molar-refractivity contribution in [3.05, 3.63) is 32.3 Å². The first-order valence-electron chi connectivity index (χ1n) is 5.02. The number of imidazole rings is 1. The highest BCUT2D eigenvalue weighted by Crippen LogP contribution is 2.34. The molecule has 88 valence electrons. The maximum atomic E-state index is 12.1. The van der Waals surface area contributed by atoms with E-state index in [1.807, 2.05) is 4.57 Å². The highest BCUT2D eigenvalue weighted by Gasteiger charge is 2.24. The lowest BCUT2D eigenvalue weighted by molar-refractivity contribution is 0.702. The summed E-state index contributed by atoms with van der Waals surface area (Å²) in [5.41, 5.74) is 0.240. The molecule has 7 heteroatoms. The average molecular weight is 250 g/mol. The minimum absolute atomic E-state index is 0.308. The van der Waals surface area contributed by atoms with Crippen LogP contribution in [0, 0.1) is 0 Å². The standard InChI is InChI=1S/C10H10N4O2S/c1-5-4-14-6-7(11-9(14)17-5)12(2)10(16)13(3)8(6)15/h1,4H2,2-3H3. The fraction of sp³-hybridized carbons (Fsp3) is 0.300. The molecule has 0 radical (unpaired) electrons. The van der Waals surface area contributed by atoms with Gasteiger partial charge in [0, 0.05) is 19.0 Å². The van der Waals surface area contributed by atoms with Crippen molar-refractivity contribution in [2.45, 2.75) is 11.7 Å². The van der Waals surface area contributed by atoms with Gasteiger partial charge in [-0.15, -0.1) is 0 Å². The number of hydrogen-bond donors (Lipinski definition) is 0. The summed E-state index contributed by atoms with van der Waals surface area (Å²) in [6, 6.07) is 0. The quantitative estimate of drug-likeness (QED) is 0.663. The Balaban J connectivity index is 2.57. The summed E-state index contributed by atoms with van der Waals surface area (Å²) in [6.45, 7) is 4.44. The van der Waals surface area contributed by atoms with Gasteiger partial charge >= 0.3 is 5.69 Å². The Kier molecular flexibility index (Phi) is 1.91. The Morgan fingerprint density at radius 2 is 2.00 bits per heavy atom. The van der Waals surface area contributed by atoms with E-state index in [1.54, 1.807) is 7.05 Å². The Labute approximate surface area is 100 Å². The molecule has 6 nitrogen and oxygen atoms in total. The Morgan fingerprint density at radius 3 is 2.71 bits per heavy atom. The van der Waals surface area contributed by atoms with Gasteiger partial charge in [0.05, 0.1) is 6.54 Å². The summed E-state index contributed by atoms with van der Waals surface area (Å²) in [5.74, 6) is 0. The molecule has 0 unspecified atom stereocenters. The van der Waals surface area contributed by atoms with Crippen molar-refractivity contribution < 1.29 is 0 Å². The lowest BCUT2D eigenvalue weighted by Gasteiger charge is -2.04. The third-order valence-electron chi connectivity index (χ3n) is 2.88. The van der Waals surface area contributed by atoms with Crippen molar-refractivity contribution in [1.29, 1.82) is 0 Å². The molecule has 0 N–H and O–H groups in total. The van der Waals surface area contributed by atoms with Crippen LogP contribution < -0.4 is 11.2 Å². The van der Waals surface area contributed by atoms with Crippen LogP contribution in [0.3, 0.4) is 0 Å². The molecule has 0 aliphatic carbocycles. The number of nitrogens with zero attached hydrogens (tertiary/aromatic N) is 4. The Hall–Kier alpha value is -1.76. The zero-order chi connectivity index (χ0) is 12.3. The third kappa shape index (κ3) is 1.20. The van der Waals surface area contributed by atoms with Crippen molar-refractivity contribution in [2.24, 2.45) is 14.1 Å². The average Bonchev–Trinajstić information content (AvgIpc) is 2.79. The van der Waals surface area contributed by atoms with Crippen LogP contribution in [-0.2, 0) is 20.6 Å². The van der Waals surface area contributed by atoms with Gasteiger partial charge in [0.15, 0.2) is 16.3 Å². The second kappa shape index (κ2) is 3.13. The van der Waals surface area contributed by atoms with Gasteiger partial charge in [-0.05, 0) is 0 Å². The molecule has 0 spiro atoms. The second-order valence-corrected chi connectivity index (χ2v) is 5.15. The predicted molar refractivity (Wildman–Crippen MR) is 65.2 cm³/mol. The van der Waals surface area contributed by atoms with E-state index in [-0.39, 0.29) is 11.2 Å².